The molecule has 1 aliphatic heterocycles. The largest absolute Gasteiger partial charge is 0.486 e. The molecule has 7 heteroatoms. The van der Waals surface area contributed by atoms with Crippen LogP contribution in [0.5, 0.6) is 11.5 Å². The van der Waals surface area contributed by atoms with E-state index in [-0.39, 0.29) is 11.3 Å². The molecule has 3 rings (SSSR count). The fourth-order valence-electron chi connectivity index (χ4n) is 2.64. The van der Waals surface area contributed by atoms with Gasteiger partial charge in [0.15, 0.2) is 17.3 Å². The highest BCUT2D eigenvalue weighted by Gasteiger charge is 2.19. The number of carboxylic acids is 1. The van der Waals surface area contributed by atoms with Crippen LogP contribution in [0.3, 0.4) is 0 Å². The molecular formula is C18H19NO6. The number of carbonyl (C=O) groups is 2. The predicted molar refractivity (Wildman–Crippen MR) is 88.5 cm³/mol. The molecule has 0 saturated heterocycles. The van der Waals surface area contributed by atoms with E-state index in [9.17, 15) is 9.59 Å². The minimum atomic E-state index is -1.10. The zero-order valence-corrected chi connectivity index (χ0v) is 13.8. The van der Waals surface area contributed by atoms with Crippen molar-refractivity contribution in [2.45, 2.75) is 19.8 Å². The summed E-state index contributed by atoms with van der Waals surface area (Å²) in [4.78, 5) is 23.2. The Kier molecular flexibility index (Phi) is 4.92. The molecule has 7 nitrogen and oxygen atoms in total. The molecule has 2 heterocycles. The normalized spacial score (nSPS) is 12.7. The fourth-order valence-corrected chi connectivity index (χ4v) is 2.64. The van der Waals surface area contributed by atoms with Crippen molar-refractivity contribution in [1.82, 2.24) is 5.32 Å². The topological polar surface area (TPSA) is 98.0 Å². The van der Waals surface area contributed by atoms with E-state index in [0.29, 0.717) is 44.1 Å². The number of hydrogen-bond donors (Lipinski definition) is 2. The molecule has 0 unspecified atom stereocenters. The van der Waals surface area contributed by atoms with Crippen LogP contribution in [0, 0.1) is 0 Å². The first kappa shape index (κ1) is 16.9. The molecule has 0 aliphatic carbocycles. The number of amides is 1. The van der Waals surface area contributed by atoms with E-state index in [1.165, 1.54) is 6.07 Å². The summed E-state index contributed by atoms with van der Waals surface area (Å²) in [5, 5.41) is 11.8. The van der Waals surface area contributed by atoms with Gasteiger partial charge in [0, 0.05) is 19.0 Å². The van der Waals surface area contributed by atoms with E-state index >= 15 is 0 Å². The fraction of sp³-hybridized carbons (Fsp3) is 0.333. The number of aryl methyl sites for hydroxylation is 1. The SMILES string of the molecule is CCc1oc(C(=O)NCCc2ccc3c(c2)OCCO3)cc1C(=O)O. The lowest BCUT2D eigenvalue weighted by atomic mass is 10.1. The molecule has 0 fully saturated rings. The summed E-state index contributed by atoms with van der Waals surface area (Å²) in [6, 6.07) is 6.93. The maximum absolute atomic E-state index is 12.1. The van der Waals surface area contributed by atoms with Gasteiger partial charge in [-0.05, 0) is 24.1 Å². The number of furan rings is 1. The van der Waals surface area contributed by atoms with Crippen LogP contribution in [0.1, 0.15) is 39.2 Å². The van der Waals surface area contributed by atoms with Crippen LogP contribution in [0.4, 0.5) is 0 Å². The van der Waals surface area contributed by atoms with E-state index in [4.69, 9.17) is 19.0 Å². The molecule has 0 bridgehead atoms. The highest BCUT2D eigenvalue weighted by molar-refractivity contribution is 5.96. The molecular weight excluding hydrogens is 326 g/mol. The average Bonchev–Trinajstić information content (AvgIpc) is 3.06. The zero-order valence-electron chi connectivity index (χ0n) is 13.8. The first-order valence-corrected chi connectivity index (χ1v) is 8.11. The van der Waals surface area contributed by atoms with Gasteiger partial charge in [0.05, 0.1) is 0 Å². The van der Waals surface area contributed by atoms with Gasteiger partial charge in [-0.1, -0.05) is 13.0 Å². The van der Waals surface area contributed by atoms with Gasteiger partial charge in [-0.25, -0.2) is 4.79 Å². The van der Waals surface area contributed by atoms with Crippen LogP contribution >= 0.6 is 0 Å². The third-order valence-corrected chi connectivity index (χ3v) is 3.89. The summed E-state index contributed by atoms with van der Waals surface area (Å²) in [5.41, 5.74) is 1.03. The van der Waals surface area contributed by atoms with Gasteiger partial charge in [-0.15, -0.1) is 0 Å². The molecule has 1 aromatic carbocycles. The minimum absolute atomic E-state index is 0.0106. The Balaban J connectivity index is 1.58. The van der Waals surface area contributed by atoms with Gasteiger partial charge in [0.2, 0.25) is 0 Å². The molecule has 2 aromatic rings. The molecule has 2 N–H and O–H groups in total. The number of benzene rings is 1. The molecule has 1 aromatic heterocycles. The van der Waals surface area contributed by atoms with Gasteiger partial charge < -0.3 is 24.3 Å². The van der Waals surface area contributed by atoms with Crippen molar-refractivity contribution in [3.63, 3.8) is 0 Å². The number of ether oxygens (including phenoxy) is 2. The standard InChI is InChI=1S/C18H19NO6/c1-2-13-12(18(21)22)10-16(25-13)17(20)19-6-5-11-3-4-14-15(9-11)24-8-7-23-14/h3-4,9-10H,2,5-8H2,1H3,(H,19,20)(H,21,22). The quantitative estimate of drug-likeness (QED) is 0.833. The molecule has 25 heavy (non-hydrogen) atoms. The van der Waals surface area contributed by atoms with Gasteiger partial charge in [0.1, 0.15) is 24.5 Å². The highest BCUT2D eigenvalue weighted by atomic mass is 16.6. The van der Waals surface area contributed by atoms with Crippen molar-refractivity contribution in [3.05, 3.63) is 46.9 Å². The number of rotatable bonds is 6. The predicted octanol–water partition coefficient (Wildman–Crippen LogP) is 2.28. The van der Waals surface area contributed by atoms with Gasteiger partial charge in [-0.2, -0.15) is 0 Å². The minimum Gasteiger partial charge on any atom is -0.486 e. The molecule has 1 amide bonds. The Morgan fingerprint density at radius 1 is 1.16 bits per heavy atom. The maximum Gasteiger partial charge on any atom is 0.339 e. The number of nitrogens with one attached hydrogen (secondary N) is 1. The summed E-state index contributed by atoms with van der Waals surface area (Å²) in [5.74, 6) is 0.208. The summed E-state index contributed by atoms with van der Waals surface area (Å²) in [7, 11) is 0. The van der Waals surface area contributed by atoms with Crippen LogP contribution in [-0.4, -0.2) is 36.7 Å². The van der Waals surface area contributed by atoms with Crippen molar-refractivity contribution in [3.8, 4) is 11.5 Å². The Labute approximate surface area is 144 Å². The number of hydrogen-bond acceptors (Lipinski definition) is 5. The second-order valence-corrected chi connectivity index (χ2v) is 5.59. The van der Waals surface area contributed by atoms with E-state index in [1.54, 1.807) is 6.92 Å². The smallest absolute Gasteiger partial charge is 0.339 e. The van der Waals surface area contributed by atoms with Crippen LogP contribution in [-0.2, 0) is 12.8 Å². The van der Waals surface area contributed by atoms with Crippen LogP contribution in [0.2, 0.25) is 0 Å². The Bertz CT molecular complexity index is 795. The Morgan fingerprint density at radius 2 is 1.92 bits per heavy atom. The van der Waals surface area contributed by atoms with Gasteiger partial charge >= 0.3 is 5.97 Å². The zero-order chi connectivity index (χ0) is 17.8. The molecule has 1 aliphatic rings. The van der Waals surface area contributed by atoms with Gasteiger partial charge in [0.25, 0.3) is 5.91 Å². The van der Waals surface area contributed by atoms with Crippen molar-refractivity contribution >= 4 is 11.9 Å². The molecule has 0 spiro atoms. The van der Waals surface area contributed by atoms with Crippen LogP contribution in [0.25, 0.3) is 0 Å². The van der Waals surface area contributed by atoms with Crippen molar-refractivity contribution in [1.29, 1.82) is 0 Å². The average molecular weight is 345 g/mol. The summed E-state index contributed by atoms with van der Waals surface area (Å²) < 4.78 is 16.3. The molecule has 132 valence electrons. The number of fused-ring (bicyclic) bond motifs is 1. The van der Waals surface area contributed by atoms with E-state index < -0.39 is 11.9 Å². The lowest BCUT2D eigenvalue weighted by molar-refractivity contribution is 0.0694. The molecule has 0 saturated carbocycles. The van der Waals surface area contributed by atoms with Crippen LogP contribution in [0.15, 0.2) is 28.7 Å². The first-order chi connectivity index (χ1) is 12.1. The summed E-state index contributed by atoms with van der Waals surface area (Å²) in [6.45, 7) is 3.23. The Hall–Kier alpha value is -2.96. The monoisotopic (exact) mass is 345 g/mol. The maximum atomic E-state index is 12.1. The first-order valence-electron chi connectivity index (χ1n) is 8.11. The lowest BCUT2D eigenvalue weighted by Gasteiger charge is -2.18. The van der Waals surface area contributed by atoms with Crippen LogP contribution < -0.4 is 14.8 Å². The van der Waals surface area contributed by atoms with E-state index in [1.807, 2.05) is 18.2 Å². The third kappa shape index (κ3) is 3.76. The van der Waals surface area contributed by atoms with Crippen molar-refractivity contribution in [2.24, 2.45) is 0 Å². The lowest BCUT2D eigenvalue weighted by Crippen LogP contribution is -2.25. The van der Waals surface area contributed by atoms with E-state index in [2.05, 4.69) is 5.32 Å². The summed E-state index contributed by atoms with van der Waals surface area (Å²) in [6.07, 6.45) is 1.02. The second-order valence-electron chi connectivity index (χ2n) is 5.59. The molecule has 0 radical (unpaired) electrons. The third-order valence-electron chi connectivity index (χ3n) is 3.89. The molecule has 0 atom stereocenters. The number of carboxylic acid groups (broad SMARTS) is 1. The number of carbonyl (C=O) groups excluding carboxylic acids is 1. The van der Waals surface area contributed by atoms with Crippen molar-refractivity contribution < 1.29 is 28.6 Å². The number of aromatic carboxylic acids is 1. The highest BCUT2D eigenvalue weighted by Crippen LogP contribution is 2.30. The van der Waals surface area contributed by atoms with Gasteiger partial charge in [-0.3, -0.25) is 4.79 Å². The Morgan fingerprint density at radius 3 is 2.60 bits per heavy atom. The second kappa shape index (κ2) is 7.29. The summed E-state index contributed by atoms with van der Waals surface area (Å²) >= 11 is 0. The van der Waals surface area contributed by atoms with Crippen molar-refractivity contribution in [2.75, 3.05) is 19.8 Å². The van der Waals surface area contributed by atoms with E-state index in [0.717, 1.165) is 11.3 Å².